The topological polar surface area (TPSA) is 147 Å². The number of piperidine rings is 1. The molecule has 14 heteroatoms. The van der Waals surface area contributed by atoms with Crippen molar-refractivity contribution >= 4 is 26.6 Å². The van der Waals surface area contributed by atoms with Crippen molar-refractivity contribution in [3.8, 4) is 0 Å². The van der Waals surface area contributed by atoms with Crippen LogP contribution in [0.25, 0.3) is 0 Å². The van der Waals surface area contributed by atoms with E-state index in [1.165, 1.54) is 12.1 Å². The van der Waals surface area contributed by atoms with Crippen LogP contribution in [-0.4, -0.2) is 62.5 Å². The van der Waals surface area contributed by atoms with Gasteiger partial charge in [0.15, 0.2) is 11.6 Å². The van der Waals surface area contributed by atoms with Gasteiger partial charge in [-0.15, -0.1) is 0 Å². The van der Waals surface area contributed by atoms with Crippen molar-refractivity contribution in [3.63, 3.8) is 0 Å². The summed E-state index contributed by atoms with van der Waals surface area (Å²) >= 11 is 0. The molecule has 4 N–H and O–H groups in total. The first-order valence-electron chi connectivity index (χ1n) is 12.3. The lowest BCUT2D eigenvalue weighted by Gasteiger charge is -2.40. The number of fused-ring (bicyclic) bond motifs is 2. The molecule has 9 nitrogen and oxygen atoms in total. The number of rotatable bonds is 9. The number of aryl methyl sites for hydroxylation is 1. The van der Waals surface area contributed by atoms with Crippen LogP contribution in [0, 0.1) is 30.3 Å². The van der Waals surface area contributed by atoms with Crippen molar-refractivity contribution in [2.75, 3.05) is 12.3 Å². The van der Waals surface area contributed by atoms with Gasteiger partial charge in [-0.2, -0.15) is 12.7 Å². The zero-order valence-electron chi connectivity index (χ0n) is 21.3. The second kappa shape index (κ2) is 12.8. The maximum Gasteiger partial charge on any atom is 0.294 e. The number of carbonyl (C=O) groups is 1. The molecule has 2 aliphatic heterocycles. The maximum absolute atomic E-state index is 13.9. The molecule has 0 spiro atoms. The molecule has 2 unspecified atom stereocenters. The number of hydrogen-bond donors (Lipinski definition) is 3. The van der Waals surface area contributed by atoms with Gasteiger partial charge in [0, 0.05) is 30.7 Å². The van der Waals surface area contributed by atoms with Crippen LogP contribution in [0.5, 0.6) is 0 Å². The van der Waals surface area contributed by atoms with Gasteiger partial charge in [-0.3, -0.25) is 9.35 Å². The minimum Gasteiger partial charge on any atom is -0.358 e. The number of nitrogens with one attached hydrogen (secondary N) is 1. The van der Waals surface area contributed by atoms with E-state index in [0.717, 1.165) is 24.5 Å². The molecular weight excluding hydrogens is 559 g/mol. The lowest BCUT2D eigenvalue weighted by molar-refractivity contribution is -0.109. The van der Waals surface area contributed by atoms with Crippen LogP contribution in [0.4, 0.5) is 13.2 Å². The van der Waals surface area contributed by atoms with Gasteiger partial charge >= 0.3 is 0 Å². The van der Waals surface area contributed by atoms with Gasteiger partial charge in [-0.25, -0.2) is 21.6 Å². The van der Waals surface area contributed by atoms with Crippen LogP contribution in [-0.2, 0) is 31.4 Å². The Morgan fingerprint density at radius 1 is 1.03 bits per heavy atom. The molecule has 3 atom stereocenters. The molecule has 0 radical (unpaired) electrons. The highest BCUT2D eigenvalue weighted by molar-refractivity contribution is 7.89. The monoisotopic (exact) mass is 591 g/mol. The highest BCUT2D eigenvalue weighted by Gasteiger charge is 2.47. The third-order valence-electron chi connectivity index (χ3n) is 7.08. The Kier molecular flexibility index (Phi) is 10.2. The van der Waals surface area contributed by atoms with Crippen molar-refractivity contribution in [1.82, 2.24) is 9.62 Å². The number of nitrogens with zero attached hydrogens (tertiary/aromatic N) is 1. The first kappa shape index (κ1) is 31.0. The second-order valence-corrected chi connectivity index (χ2v) is 13.3. The molecule has 0 aromatic heterocycles. The molecule has 0 saturated carbocycles. The third kappa shape index (κ3) is 8.01. The molecule has 2 aromatic carbocycles. The summed E-state index contributed by atoms with van der Waals surface area (Å²) in [6, 6.07) is 6.50. The van der Waals surface area contributed by atoms with Crippen molar-refractivity contribution in [1.29, 1.82) is 0 Å². The van der Waals surface area contributed by atoms with E-state index in [1.807, 2.05) is 6.92 Å². The molecule has 2 heterocycles. The van der Waals surface area contributed by atoms with Gasteiger partial charge in [0.2, 0.25) is 16.4 Å². The van der Waals surface area contributed by atoms with E-state index in [2.05, 4.69) is 5.32 Å². The number of sulfonamides is 1. The van der Waals surface area contributed by atoms with Crippen LogP contribution < -0.4 is 11.1 Å². The van der Waals surface area contributed by atoms with E-state index in [1.54, 1.807) is 16.4 Å². The van der Waals surface area contributed by atoms with Crippen LogP contribution in [0.2, 0.25) is 0 Å². The van der Waals surface area contributed by atoms with Gasteiger partial charge in [0.05, 0.1) is 10.6 Å². The van der Waals surface area contributed by atoms with Gasteiger partial charge in [-0.05, 0) is 68.7 Å². The summed E-state index contributed by atoms with van der Waals surface area (Å²) in [4.78, 5) is 10.3. The Balaban J connectivity index is 0.000000320. The molecule has 1 amide bonds. The van der Waals surface area contributed by atoms with Crippen molar-refractivity contribution in [2.24, 2.45) is 11.7 Å². The fourth-order valence-corrected chi connectivity index (χ4v) is 7.54. The molecule has 2 aliphatic rings. The van der Waals surface area contributed by atoms with Gasteiger partial charge in [0.25, 0.3) is 10.1 Å². The van der Waals surface area contributed by atoms with Crippen molar-refractivity contribution in [3.05, 3.63) is 65.0 Å². The van der Waals surface area contributed by atoms with Crippen LogP contribution in [0.3, 0.4) is 0 Å². The van der Waals surface area contributed by atoms with E-state index < -0.39 is 43.6 Å². The van der Waals surface area contributed by atoms with Crippen molar-refractivity contribution in [2.45, 2.75) is 62.0 Å². The normalized spacial score (nSPS) is 22.1. The summed E-state index contributed by atoms with van der Waals surface area (Å²) in [7, 11) is -7.52. The molecule has 2 aromatic rings. The molecule has 0 aliphatic carbocycles. The van der Waals surface area contributed by atoms with Gasteiger partial charge in [0.1, 0.15) is 5.82 Å². The van der Waals surface area contributed by atoms with E-state index in [9.17, 15) is 34.8 Å². The summed E-state index contributed by atoms with van der Waals surface area (Å²) in [5.74, 6) is -3.39. The lowest BCUT2D eigenvalue weighted by atomic mass is 9.83. The second-order valence-electron chi connectivity index (χ2n) is 9.85. The number of carbonyl (C=O) groups excluding carboxylic acids is 1. The van der Waals surface area contributed by atoms with Crippen LogP contribution in [0.1, 0.15) is 36.8 Å². The van der Waals surface area contributed by atoms with E-state index in [-0.39, 0.29) is 47.2 Å². The van der Waals surface area contributed by atoms with Crippen LogP contribution >= 0.6 is 0 Å². The number of halogens is 3. The number of benzene rings is 2. The first-order chi connectivity index (χ1) is 18.2. The molecule has 4 rings (SSSR count). The Hall–Kier alpha value is -2.52. The summed E-state index contributed by atoms with van der Waals surface area (Å²) in [6.45, 7) is 1.90. The maximum atomic E-state index is 13.9. The highest BCUT2D eigenvalue weighted by atomic mass is 32.2. The lowest BCUT2D eigenvalue weighted by Crippen LogP contribution is -2.51. The minimum atomic E-state index is -4.02. The zero-order valence-corrected chi connectivity index (χ0v) is 22.9. The predicted molar refractivity (Wildman–Crippen MR) is 138 cm³/mol. The summed E-state index contributed by atoms with van der Waals surface area (Å²) < 4.78 is 96.7. The molecule has 2 fully saturated rings. The van der Waals surface area contributed by atoms with Gasteiger partial charge < -0.3 is 11.1 Å². The first-order valence-corrected chi connectivity index (χ1v) is 15.4. The van der Waals surface area contributed by atoms with E-state index in [0.29, 0.717) is 25.3 Å². The Morgan fingerprint density at radius 2 is 1.59 bits per heavy atom. The summed E-state index contributed by atoms with van der Waals surface area (Å²) in [6.07, 6.45) is 3.07. The third-order valence-corrected chi connectivity index (χ3v) is 9.91. The number of nitrogens with two attached hydrogens (primary N) is 1. The van der Waals surface area contributed by atoms with Crippen molar-refractivity contribution < 1.29 is 39.4 Å². The molecule has 39 heavy (non-hydrogen) atoms. The average molecular weight is 592 g/mol. The molecule has 216 valence electrons. The molecule has 2 saturated heterocycles. The smallest absolute Gasteiger partial charge is 0.294 e. The fraction of sp³-hybridized carbons (Fsp3) is 0.480. The number of amides is 1. The summed E-state index contributed by atoms with van der Waals surface area (Å²) in [5.41, 5.74) is 7.22. The van der Waals surface area contributed by atoms with E-state index in [4.69, 9.17) is 10.3 Å². The largest absolute Gasteiger partial charge is 0.358 e. The zero-order chi connectivity index (χ0) is 29.0. The number of hydrogen-bond acceptors (Lipinski definition) is 6. The summed E-state index contributed by atoms with van der Waals surface area (Å²) in [5, 5.41) is 2.36. The van der Waals surface area contributed by atoms with Gasteiger partial charge in [-0.1, -0.05) is 17.7 Å². The molecular formula is C25H32F3N3O6S2. The van der Waals surface area contributed by atoms with E-state index >= 15 is 0 Å². The predicted octanol–water partition coefficient (Wildman–Crippen LogP) is 2.53. The average Bonchev–Trinajstić information content (AvgIpc) is 3.14. The Morgan fingerprint density at radius 3 is 2.13 bits per heavy atom. The highest BCUT2D eigenvalue weighted by Crippen LogP contribution is 2.42. The molecule has 2 bridgehead atoms. The SMILES string of the molecule is Cc1ccc(S(=O)(=O)O)cc1.N[C@H](Cc1cc(F)c(F)cc1F)C1CC2CCC(C1)N2S(=O)(=O)CCNC=O. The minimum absolute atomic E-state index is 0.0220. The quantitative estimate of drug-likeness (QED) is 0.176. The Labute approximate surface area is 226 Å². The standard InChI is InChI=1S/C18H24F3N3O3S.C7H8O3S/c19-15-9-17(21)16(20)7-11(15)8-18(22)12-5-13-1-2-14(6-12)24(13)28(26,27)4-3-23-10-25;1-6-2-4-7(5-3-6)11(8,9)10/h7,9-10,12-14,18H,1-6,8,22H2,(H,23,25);2-5H,1H3,(H,8,9,10)/t12?,13?,14?,18-;/m1./s1. The Bertz CT molecular complexity index is 1360. The van der Waals surface area contributed by atoms with Crippen LogP contribution in [0.15, 0.2) is 41.3 Å². The fourth-order valence-electron chi connectivity index (χ4n) is 5.18.